The van der Waals surface area contributed by atoms with Crippen LogP contribution in [0.25, 0.3) is 0 Å². The summed E-state index contributed by atoms with van der Waals surface area (Å²) in [5, 5.41) is 9.54. The predicted molar refractivity (Wildman–Crippen MR) is 45.0 cm³/mol. The lowest BCUT2D eigenvalue weighted by molar-refractivity contribution is -0.236. The summed E-state index contributed by atoms with van der Waals surface area (Å²) in [6.45, 7) is 7.47. The van der Waals surface area contributed by atoms with Crippen molar-refractivity contribution in [3.8, 4) is 0 Å². The van der Waals surface area contributed by atoms with Gasteiger partial charge in [-0.25, -0.2) is 0 Å². The molecule has 2 fully saturated rings. The van der Waals surface area contributed by atoms with Crippen molar-refractivity contribution in [1.29, 1.82) is 0 Å². The molecule has 2 saturated heterocycles. The Kier molecular flexibility index (Phi) is 1.77. The van der Waals surface area contributed by atoms with Gasteiger partial charge in [0.15, 0.2) is 12.1 Å². The van der Waals surface area contributed by atoms with Crippen molar-refractivity contribution in [3.63, 3.8) is 0 Å². The van der Waals surface area contributed by atoms with Crippen molar-refractivity contribution in [3.05, 3.63) is 0 Å². The Morgan fingerprint density at radius 3 is 2.15 bits per heavy atom. The smallest absolute Gasteiger partial charge is 0.184 e. The maximum absolute atomic E-state index is 9.54. The second-order valence-electron chi connectivity index (χ2n) is 4.63. The molecule has 4 nitrogen and oxygen atoms in total. The van der Waals surface area contributed by atoms with E-state index in [1.807, 2.05) is 27.7 Å². The summed E-state index contributed by atoms with van der Waals surface area (Å²) in [4.78, 5) is 0. The van der Waals surface area contributed by atoms with Crippen molar-refractivity contribution in [1.82, 2.24) is 0 Å². The fourth-order valence-corrected chi connectivity index (χ4v) is 1.98. The minimum atomic E-state index is -0.873. The van der Waals surface area contributed by atoms with Crippen LogP contribution in [0.4, 0.5) is 0 Å². The Balaban J connectivity index is 2.23. The molecule has 2 rings (SSSR count). The second kappa shape index (κ2) is 2.45. The average Bonchev–Trinajstić information content (AvgIpc) is 2.32. The first-order valence-corrected chi connectivity index (χ1v) is 4.53. The highest BCUT2D eigenvalue weighted by molar-refractivity contribution is 4.99. The largest absolute Gasteiger partial charge is 0.366 e. The van der Waals surface area contributed by atoms with E-state index in [1.54, 1.807) is 0 Å². The van der Waals surface area contributed by atoms with Crippen LogP contribution in [0, 0.1) is 0 Å². The molecule has 0 aliphatic carbocycles. The Labute approximate surface area is 77.8 Å². The van der Waals surface area contributed by atoms with E-state index >= 15 is 0 Å². The van der Waals surface area contributed by atoms with E-state index in [-0.39, 0.29) is 12.2 Å². The topological polar surface area (TPSA) is 47.9 Å². The van der Waals surface area contributed by atoms with Gasteiger partial charge in [0.05, 0.1) is 5.60 Å². The van der Waals surface area contributed by atoms with Gasteiger partial charge >= 0.3 is 0 Å². The molecular formula is C9H16O4. The molecule has 1 N–H and O–H groups in total. The lowest BCUT2D eigenvalue weighted by Crippen LogP contribution is -2.37. The summed E-state index contributed by atoms with van der Waals surface area (Å²) in [6, 6.07) is 0. The zero-order valence-electron chi connectivity index (χ0n) is 8.40. The molecule has 0 spiro atoms. The van der Waals surface area contributed by atoms with Crippen LogP contribution < -0.4 is 0 Å². The van der Waals surface area contributed by atoms with E-state index in [9.17, 15) is 5.11 Å². The number of ether oxygens (including phenoxy) is 3. The molecule has 0 aromatic rings. The Morgan fingerprint density at radius 2 is 1.62 bits per heavy atom. The molecule has 0 amide bonds. The van der Waals surface area contributed by atoms with Crippen LogP contribution in [0.1, 0.15) is 27.7 Å². The van der Waals surface area contributed by atoms with Crippen LogP contribution in [0.3, 0.4) is 0 Å². The third-order valence-electron chi connectivity index (χ3n) is 2.52. The number of fused-ring (bicyclic) bond motifs is 1. The first-order chi connectivity index (χ1) is 5.82. The summed E-state index contributed by atoms with van der Waals surface area (Å²) in [6.07, 6.45) is -1.41. The van der Waals surface area contributed by atoms with Gasteiger partial charge < -0.3 is 19.3 Å². The van der Waals surface area contributed by atoms with Crippen LogP contribution in [0.5, 0.6) is 0 Å². The maximum atomic E-state index is 9.54. The van der Waals surface area contributed by atoms with Gasteiger partial charge in [-0.15, -0.1) is 0 Å². The molecule has 2 aliphatic rings. The highest BCUT2D eigenvalue weighted by atomic mass is 16.8. The first-order valence-electron chi connectivity index (χ1n) is 4.53. The predicted octanol–water partition coefficient (Wildman–Crippen LogP) is 0.634. The molecule has 1 unspecified atom stereocenters. The molecule has 2 heterocycles. The molecule has 13 heavy (non-hydrogen) atoms. The Morgan fingerprint density at radius 1 is 1.00 bits per heavy atom. The van der Waals surface area contributed by atoms with Crippen molar-refractivity contribution in [2.75, 3.05) is 0 Å². The van der Waals surface area contributed by atoms with Crippen LogP contribution >= 0.6 is 0 Å². The zero-order chi connectivity index (χ0) is 9.85. The lowest BCUT2D eigenvalue weighted by Gasteiger charge is -2.26. The van der Waals surface area contributed by atoms with Gasteiger partial charge in [-0.1, -0.05) is 0 Å². The minimum absolute atomic E-state index is 0.183. The van der Waals surface area contributed by atoms with Gasteiger partial charge in [-0.3, -0.25) is 0 Å². The van der Waals surface area contributed by atoms with E-state index in [0.717, 1.165) is 0 Å². The number of aliphatic hydroxyl groups excluding tert-OH is 1. The van der Waals surface area contributed by atoms with Gasteiger partial charge in [0, 0.05) is 0 Å². The highest BCUT2D eigenvalue weighted by Gasteiger charge is 2.58. The molecule has 0 aromatic heterocycles. The molecule has 4 heteroatoms. The van der Waals surface area contributed by atoms with Gasteiger partial charge in [0.25, 0.3) is 0 Å². The van der Waals surface area contributed by atoms with Gasteiger partial charge in [0.1, 0.15) is 12.2 Å². The quantitative estimate of drug-likeness (QED) is 0.606. The standard InChI is InChI=1S/C9H16O4/c1-8(2)6-5(7(10)13-8)11-9(3,4)12-6/h5-7,10H,1-4H3/t5-,6+,7?/m1/s1. The molecular weight excluding hydrogens is 172 g/mol. The van der Waals surface area contributed by atoms with Crippen molar-refractivity contribution < 1.29 is 19.3 Å². The minimum Gasteiger partial charge on any atom is -0.366 e. The van der Waals surface area contributed by atoms with E-state index in [0.29, 0.717) is 0 Å². The van der Waals surface area contributed by atoms with Crippen LogP contribution in [-0.4, -0.2) is 35.0 Å². The summed E-state index contributed by atoms with van der Waals surface area (Å²) in [7, 11) is 0. The molecule has 2 aliphatic heterocycles. The molecule has 3 atom stereocenters. The number of hydrogen-bond acceptors (Lipinski definition) is 4. The Bertz CT molecular complexity index is 224. The molecule has 0 radical (unpaired) electrons. The van der Waals surface area contributed by atoms with Crippen molar-refractivity contribution in [2.24, 2.45) is 0 Å². The van der Waals surface area contributed by atoms with Crippen molar-refractivity contribution in [2.45, 2.75) is 57.6 Å². The highest BCUT2D eigenvalue weighted by Crippen LogP contribution is 2.42. The van der Waals surface area contributed by atoms with Gasteiger partial charge in [-0.2, -0.15) is 0 Å². The van der Waals surface area contributed by atoms with Crippen LogP contribution in [-0.2, 0) is 14.2 Å². The summed E-state index contributed by atoms with van der Waals surface area (Å²) in [5.41, 5.74) is -0.474. The van der Waals surface area contributed by atoms with Crippen LogP contribution in [0.15, 0.2) is 0 Å². The third-order valence-corrected chi connectivity index (χ3v) is 2.52. The Hall–Kier alpha value is -0.160. The fourth-order valence-electron chi connectivity index (χ4n) is 1.98. The third kappa shape index (κ3) is 1.38. The van der Waals surface area contributed by atoms with E-state index in [1.165, 1.54) is 0 Å². The monoisotopic (exact) mass is 188 g/mol. The normalized spacial score (nSPS) is 46.4. The summed E-state index contributed by atoms with van der Waals surface area (Å²) >= 11 is 0. The fraction of sp³-hybridized carbons (Fsp3) is 1.00. The maximum Gasteiger partial charge on any atom is 0.184 e. The van der Waals surface area contributed by atoms with E-state index in [2.05, 4.69) is 0 Å². The molecule has 0 aromatic carbocycles. The second-order valence-corrected chi connectivity index (χ2v) is 4.63. The van der Waals surface area contributed by atoms with E-state index < -0.39 is 17.7 Å². The molecule has 0 saturated carbocycles. The van der Waals surface area contributed by atoms with Crippen molar-refractivity contribution >= 4 is 0 Å². The zero-order valence-corrected chi connectivity index (χ0v) is 8.40. The first kappa shape index (κ1) is 9.40. The summed E-state index contributed by atoms with van der Waals surface area (Å²) < 4.78 is 16.5. The van der Waals surface area contributed by atoms with Crippen LogP contribution in [0.2, 0.25) is 0 Å². The van der Waals surface area contributed by atoms with Gasteiger partial charge in [-0.05, 0) is 27.7 Å². The number of rotatable bonds is 0. The number of aliphatic hydroxyl groups is 1. The van der Waals surface area contributed by atoms with E-state index in [4.69, 9.17) is 14.2 Å². The van der Waals surface area contributed by atoms with Gasteiger partial charge in [0.2, 0.25) is 0 Å². The number of hydrogen-bond donors (Lipinski definition) is 1. The average molecular weight is 188 g/mol. The molecule has 76 valence electrons. The SMILES string of the molecule is CC1(C)O[C@H]2C(O)OC(C)(C)[C@H]2O1. The summed E-state index contributed by atoms with van der Waals surface area (Å²) in [5.74, 6) is -0.614. The lowest BCUT2D eigenvalue weighted by atomic mass is 10.0. The molecule has 0 bridgehead atoms.